The number of imidazole rings is 1. The largest absolute Gasteiger partial charge is 0.327 e. The van der Waals surface area contributed by atoms with Gasteiger partial charge in [0.1, 0.15) is 5.82 Å². The maximum absolute atomic E-state index is 4.54. The summed E-state index contributed by atoms with van der Waals surface area (Å²) in [7, 11) is 0. The normalized spacial score (nSPS) is 16.0. The van der Waals surface area contributed by atoms with E-state index in [0.29, 0.717) is 0 Å². The zero-order valence-corrected chi connectivity index (χ0v) is 9.46. The third kappa shape index (κ3) is 1.61. The number of nitrogens with zero attached hydrogens (tertiary/aromatic N) is 2. The molecule has 0 atom stereocenters. The lowest BCUT2D eigenvalue weighted by Crippen LogP contribution is -2.01. The lowest BCUT2D eigenvalue weighted by molar-refractivity contribution is 0.639. The number of thiophene rings is 1. The van der Waals surface area contributed by atoms with E-state index in [1.807, 2.05) is 6.20 Å². The van der Waals surface area contributed by atoms with Crippen LogP contribution in [0.25, 0.3) is 10.6 Å². The van der Waals surface area contributed by atoms with Gasteiger partial charge in [0.2, 0.25) is 0 Å². The molecule has 15 heavy (non-hydrogen) atoms. The number of hydrogen-bond donors (Lipinski definition) is 0. The van der Waals surface area contributed by atoms with Gasteiger partial charge < -0.3 is 4.57 Å². The highest BCUT2D eigenvalue weighted by atomic mass is 32.1. The van der Waals surface area contributed by atoms with E-state index in [1.165, 1.54) is 35.7 Å². The Bertz CT molecular complexity index is 442. The Hall–Kier alpha value is -1.09. The van der Waals surface area contributed by atoms with Crippen LogP contribution < -0.4 is 0 Å². The fourth-order valence-electron chi connectivity index (χ4n) is 2.21. The fraction of sp³-hybridized carbons (Fsp3) is 0.417. The van der Waals surface area contributed by atoms with Crippen LogP contribution in [0.2, 0.25) is 0 Å². The van der Waals surface area contributed by atoms with Gasteiger partial charge in [0.05, 0.1) is 16.8 Å². The minimum Gasteiger partial charge on any atom is -0.327 e. The van der Waals surface area contributed by atoms with Crippen LogP contribution in [-0.4, -0.2) is 9.55 Å². The lowest BCUT2D eigenvalue weighted by atomic mass is 10.2. The summed E-state index contributed by atoms with van der Waals surface area (Å²) in [6, 6.07) is 4.29. The molecule has 0 saturated carbocycles. The van der Waals surface area contributed by atoms with Crippen LogP contribution in [0.5, 0.6) is 0 Å². The summed E-state index contributed by atoms with van der Waals surface area (Å²) in [6.07, 6.45) is 7.10. The van der Waals surface area contributed by atoms with Crippen molar-refractivity contribution >= 4 is 11.3 Å². The second-order valence-electron chi connectivity index (χ2n) is 4.00. The molecule has 0 amide bonds. The number of hydrogen-bond acceptors (Lipinski definition) is 2. The molecular formula is C12H14N2S. The van der Waals surface area contributed by atoms with Crippen molar-refractivity contribution in [2.45, 2.75) is 32.2 Å². The monoisotopic (exact) mass is 218 g/mol. The average molecular weight is 218 g/mol. The highest BCUT2D eigenvalue weighted by Gasteiger charge is 2.14. The van der Waals surface area contributed by atoms with E-state index < -0.39 is 0 Å². The van der Waals surface area contributed by atoms with Crippen LogP contribution in [0.3, 0.4) is 0 Å². The second-order valence-corrected chi connectivity index (χ2v) is 4.95. The predicted octanol–water partition coefficient (Wildman–Crippen LogP) is 3.34. The molecular weight excluding hydrogens is 204 g/mol. The molecule has 0 aliphatic carbocycles. The van der Waals surface area contributed by atoms with Gasteiger partial charge >= 0.3 is 0 Å². The quantitative estimate of drug-likeness (QED) is 0.718. The molecule has 2 aromatic heterocycles. The van der Waals surface area contributed by atoms with Gasteiger partial charge in [-0.2, -0.15) is 0 Å². The first-order valence-electron chi connectivity index (χ1n) is 5.53. The molecule has 0 aromatic carbocycles. The topological polar surface area (TPSA) is 17.8 Å². The van der Waals surface area contributed by atoms with Gasteiger partial charge in [0, 0.05) is 13.0 Å². The number of aromatic nitrogens is 2. The molecule has 1 aliphatic rings. The van der Waals surface area contributed by atoms with E-state index in [0.717, 1.165) is 13.0 Å². The van der Waals surface area contributed by atoms with Crippen LogP contribution in [0, 0.1) is 0 Å². The molecule has 1 aliphatic heterocycles. The molecule has 0 saturated heterocycles. The average Bonchev–Trinajstić information content (AvgIpc) is 2.83. The Morgan fingerprint density at radius 2 is 2.27 bits per heavy atom. The van der Waals surface area contributed by atoms with Crippen LogP contribution in [0.4, 0.5) is 0 Å². The summed E-state index contributed by atoms with van der Waals surface area (Å²) < 4.78 is 2.40. The van der Waals surface area contributed by atoms with Gasteiger partial charge in [0.15, 0.2) is 0 Å². The number of aryl methyl sites for hydroxylation is 1. The number of rotatable bonds is 1. The minimum absolute atomic E-state index is 1.14. The van der Waals surface area contributed by atoms with Crippen molar-refractivity contribution in [3.05, 3.63) is 29.5 Å². The summed E-state index contributed by atoms with van der Waals surface area (Å²) in [6.45, 7) is 1.14. The molecule has 2 aromatic rings. The van der Waals surface area contributed by atoms with E-state index >= 15 is 0 Å². The third-order valence-corrected chi connectivity index (χ3v) is 3.89. The molecule has 0 radical (unpaired) electrons. The van der Waals surface area contributed by atoms with Crippen LogP contribution in [-0.2, 0) is 13.0 Å². The van der Waals surface area contributed by atoms with Crippen molar-refractivity contribution in [3.63, 3.8) is 0 Å². The standard InChI is InChI=1S/C12H14N2S/c1-2-6-12-13-9-10(14(12)7-3-1)11-5-4-8-15-11/h4-5,8-9H,1-3,6-7H2. The Kier molecular flexibility index (Phi) is 2.33. The zero-order valence-electron chi connectivity index (χ0n) is 8.65. The maximum atomic E-state index is 4.54. The van der Waals surface area contributed by atoms with Crippen molar-refractivity contribution < 1.29 is 0 Å². The molecule has 0 fully saturated rings. The Balaban J connectivity index is 2.06. The van der Waals surface area contributed by atoms with E-state index in [9.17, 15) is 0 Å². The molecule has 2 nitrogen and oxygen atoms in total. The van der Waals surface area contributed by atoms with E-state index in [-0.39, 0.29) is 0 Å². The molecule has 3 heterocycles. The van der Waals surface area contributed by atoms with E-state index in [1.54, 1.807) is 11.3 Å². The van der Waals surface area contributed by atoms with Crippen LogP contribution in [0.15, 0.2) is 23.7 Å². The lowest BCUT2D eigenvalue weighted by Gasteiger charge is -2.06. The van der Waals surface area contributed by atoms with Crippen molar-refractivity contribution in [1.29, 1.82) is 0 Å². The molecule has 78 valence electrons. The Morgan fingerprint density at radius 3 is 3.13 bits per heavy atom. The van der Waals surface area contributed by atoms with Gasteiger partial charge in [-0.25, -0.2) is 4.98 Å². The maximum Gasteiger partial charge on any atom is 0.109 e. The molecule has 3 heteroatoms. The van der Waals surface area contributed by atoms with Gasteiger partial charge in [-0.3, -0.25) is 0 Å². The van der Waals surface area contributed by atoms with E-state index in [2.05, 4.69) is 27.1 Å². The van der Waals surface area contributed by atoms with Gasteiger partial charge in [-0.05, 0) is 24.3 Å². The van der Waals surface area contributed by atoms with Crippen molar-refractivity contribution in [2.24, 2.45) is 0 Å². The first-order valence-corrected chi connectivity index (χ1v) is 6.41. The molecule has 0 spiro atoms. The summed E-state index contributed by atoms with van der Waals surface area (Å²) in [4.78, 5) is 5.89. The van der Waals surface area contributed by atoms with Gasteiger partial charge in [-0.1, -0.05) is 12.5 Å². The predicted molar refractivity (Wildman–Crippen MR) is 63.1 cm³/mol. The molecule has 3 rings (SSSR count). The Labute approximate surface area is 93.6 Å². The smallest absolute Gasteiger partial charge is 0.109 e. The minimum atomic E-state index is 1.14. The Morgan fingerprint density at radius 1 is 1.27 bits per heavy atom. The number of fused-ring (bicyclic) bond motifs is 1. The second kappa shape index (κ2) is 3.81. The highest BCUT2D eigenvalue weighted by Crippen LogP contribution is 2.27. The van der Waals surface area contributed by atoms with Crippen molar-refractivity contribution in [1.82, 2.24) is 9.55 Å². The molecule has 0 N–H and O–H groups in total. The van der Waals surface area contributed by atoms with Crippen molar-refractivity contribution in [3.8, 4) is 10.6 Å². The summed E-state index contributed by atoms with van der Waals surface area (Å²) >= 11 is 1.80. The van der Waals surface area contributed by atoms with Crippen molar-refractivity contribution in [2.75, 3.05) is 0 Å². The summed E-state index contributed by atoms with van der Waals surface area (Å²) in [5.74, 6) is 1.27. The highest BCUT2D eigenvalue weighted by molar-refractivity contribution is 7.13. The fourth-order valence-corrected chi connectivity index (χ4v) is 2.96. The summed E-state index contributed by atoms with van der Waals surface area (Å²) in [5, 5.41) is 2.13. The molecule has 0 unspecified atom stereocenters. The van der Waals surface area contributed by atoms with Gasteiger partial charge in [0.25, 0.3) is 0 Å². The van der Waals surface area contributed by atoms with Crippen LogP contribution >= 0.6 is 11.3 Å². The van der Waals surface area contributed by atoms with Gasteiger partial charge in [-0.15, -0.1) is 11.3 Å². The van der Waals surface area contributed by atoms with Crippen LogP contribution in [0.1, 0.15) is 25.1 Å². The first-order chi connectivity index (χ1) is 7.45. The zero-order chi connectivity index (χ0) is 10.1. The molecule has 0 bridgehead atoms. The first kappa shape index (κ1) is 9.16. The van der Waals surface area contributed by atoms with E-state index in [4.69, 9.17) is 0 Å². The third-order valence-electron chi connectivity index (χ3n) is 2.99. The summed E-state index contributed by atoms with van der Waals surface area (Å²) in [5.41, 5.74) is 1.31. The SMILES string of the molecule is c1csc(-c2cnc3n2CCCCC3)c1.